The fraction of sp³-hybridized carbons (Fsp3) is 0.167. The summed E-state index contributed by atoms with van der Waals surface area (Å²) in [5, 5.41) is 0. The van der Waals surface area contributed by atoms with Gasteiger partial charge in [0.05, 0.1) is 17.6 Å². The number of rotatable bonds is 3. The molecule has 2 rings (SSSR count). The molecule has 0 amide bonds. The number of aryl methyl sites for hydroxylation is 1. The molecule has 0 radical (unpaired) electrons. The van der Waals surface area contributed by atoms with Gasteiger partial charge in [0, 0.05) is 0 Å². The van der Waals surface area contributed by atoms with Gasteiger partial charge in [0.15, 0.2) is 0 Å². The zero-order valence-electron chi connectivity index (χ0n) is 9.98. The van der Waals surface area contributed by atoms with Gasteiger partial charge in [-0.05, 0) is 40.5 Å². The molecule has 1 aromatic heterocycles. The number of hydrogen-bond acceptors (Lipinski definition) is 5. The molecule has 0 saturated heterocycles. The summed E-state index contributed by atoms with van der Waals surface area (Å²) < 4.78 is 11.5. The van der Waals surface area contributed by atoms with Crippen LogP contribution in [0.3, 0.4) is 0 Å². The van der Waals surface area contributed by atoms with Crippen LogP contribution < -0.4 is 15.2 Å². The van der Waals surface area contributed by atoms with Gasteiger partial charge < -0.3 is 15.2 Å². The van der Waals surface area contributed by atoms with E-state index in [-0.39, 0.29) is 5.95 Å². The molecular weight excluding hydrogens is 298 g/mol. The summed E-state index contributed by atoms with van der Waals surface area (Å²) in [6.07, 6.45) is 0. The Bertz CT molecular complexity index is 575. The lowest BCUT2D eigenvalue weighted by molar-refractivity contribution is 0.389. The van der Waals surface area contributed by atoms with Crippen LogP contribution >= 0.6 is 15.9 Å². The zero-order valence-corrected chi connectivity index (χ0v) is 11.6. The van der Waals surface area contributed by atoms with E-state index in [0.29, 0.717) is 17.5 Å². The standard InChI is InChI=1S/C12H12BrN3O2/c1-7-3-4-9(8(13)5-7)18-11-6-10(17-2)15-12(14)16-11/h3-6H,1-2H3,(H2,14,15,16). The number of halogens is 1. The Morgan fingerprint density at radius 1 is 1.17 bits per heavy atom. The van der Waals surface area contributed by atoms with Crippen LogP contribution in [0.4, 0.5) is 5.95 Å². The molecule has 1 aromatic carbocycles. The molecule has 0 aliphatic rings. The molecule has 6 heteroatoms. The Hall–Kier alpha value is -1.82. The van der Waals surface area contributed by atoms with E-state index in [1.165, 1.54) is 7.11 Å². The summed E-state index contributed by atoms with van der Waals surface area (Å²) in [4.78, 5) is 7.87. The van der Waals surface area contributed by atoms with Crippen LogP contribution in [0.15, 0.2) is 28.7 Å². The second-order valence-corrected chi connectivity index (χ2v) is 4.50. The van der Waals surface area contributed by atoms with Gasteiger partial charge in [-0.15, -0.1) is 0 Å². The quantitative estimate of drug-likeness (QED) is 0.944. The highest BCUT2D eigenvalue weighted by Gasteiger charge is 2.07. The van der Waals surface area contributed by atoms with Gasteiger partial charge in [0.1, 0.15) is 5.75 Å². The van der Waals surface area contributed by atoms with E-state index in [9.17, 15) is 0 Å². The minimum absolute atomic E-state index is 0.104. The van der Waals surface area contributed by atoms with Crippen molar-refractivity contribution in [2.24, 2.45) is 0 Å². The Morgan fingerprint density at radius 3 is 2.56 bits per heavy atom. The lowest BCUT2D eigenvalue weighted by Crippen LogP contribution is -1.99. The van der Waals surface area contributed by atoms with Crippen LogP contribution in [-0.4, -0.2) is 17.1 Å². The minimum Gasteiger partial charge on any atom is -0.481 e. The largest absolute Gasteiger partial charge is 0.481 e. The van der Waals surface area contributed by atoms with Crippen LogP contribution in [0.5, 0.6) is 17.5 Å². The molecule has 1 heterocycles. The number of aromatic nitrogens is 2. The molecule has 0 aliphatic carbocycles. The summed E-state index contributed by atoms with van der Waals surface area (Å²) in [6.45, 7) is 2.00. The molecule has 0 saturated carbocycles. The van der Waals surface area contributed by atoms with Crippen LogP contribution in [0.2, 0.25) is 0 Å². The Kier molecular flexibility index (Phi) is 3.66. The van der Waals surface area contributed by atoms with Crippen molar-refractivity contribution in [1.29, 1.82) is 0 Å². The number of ether oxygens (including phenoxy) is 2. The van der Waals surface area contributed by atoms with Crippen molar-refractivity contribution in [3.8, 4) is 17.5 Å². The van der Waals surface area contributed by atoms with Gasteiger partial charge >= 0.3 is 0 Å². The van der Waals surface area contributed by atoms with E-state index in [1.54, 1.807) is 6.07 Å². The zero-order chi connectivity index (χ0) is 13.1. The SMILES string of the molecule is COc1cc(Oc2ccc(C)cc2Br)nc(N)n1. The second kappa shape index (κ2) is 5.22. The molecule has 94 valence electrons. The molecule has 18 heavy (non-hydrogen) atoms. The molecular formula is C12H12BrN3O2. The van der Waals surface area contributed by atoms with Gasteiger partial charge in [-0.2, -0.15) is 9.97 Å². The summed E-state index contributed by atoms with van der Waals surface area (Å²) in [6, 6.07) is 7.33. The topological polar surface area (TPSA) is 70.3 Å². The summed E-state index contributed by atoms with van der Waals surface area (Å²) >= 11 is 3.43. The maximum atomic E-state index is 5.63. The number of methoxy groups -OCH3 is 1. The molecule has 0 unspecified atom stereocenters. The Labute approximate surface area is 113 Å². The van der Waals surface area contributed by atoms with Gasteiger partial charge in [0.25, 0.3) is 0 Å². The smallest absolute Gasteiger partial charge is 0.227 e. The predicted octanol–water partition coefficient (Wildman–Crippen LogP) is 2.93. The maximum absolute atomic E-state index is 5.63. The molecule has 2 aromatic rings. The summed E-state index contributed by atoms with van der Waals surface area (Å²) in [7, 11) is 1.51. The third-order valence-electron chi connectivity index (χ3n) is 2.21. The van der Waals surface area contributed by atoms with Gasteiger partial charge in [0.2, 0.25) is 17.7 Å². The highest BCUT2D eigenvalue weighted by atomic mass is 79.9. The van der Waals surface area contributed by atoms with Gasteiger partial charge in [-0.3, -0.25) is 0 Å². The fourth-order valence-corrected chi connectivity index (χ4v) is 1.95. The van der Waals surface area contributed by atoms with Gasteiger partial charge in [-0.25, -0.2) is 0 Å². The van der Waals surface area contributed by atoms with Crippen molar-refractivity contribution < 1.29 is 9.47 Å². The Balaban J connectivity index is 2.30. The lowest BCUT2D eigenvalue weighted by Gasteiger charge is -2.08. The monoisotopic (exact) mass is 309 g/mol. The van der Waals surface area contributed by atoms with E-state index in [4.69, 9.17) is 15.2 Å². The van der Waals surface area contributed by atoms with Crippen LogP contribution in [0.1, 0.15) is 5.56 Å². The van der Waals surface area contributed by atoms with Crippen molar-refractivity contribution >= 4 is 21.9 Å². The molecule has 5 nitrogen and oxygen atoms in total. The van der Waals surface area contributed by atoms with E-state index in [0.717, 1.165) is 10.0 Å². The van der Waals surface area contributed by atoms with Crippen LogP contribution in [0.25, 0.3) is 0 Å². The van der Waals surface area contributed by atoms with Gasteiger partial charge in [-0.1, -0.05) is 6.07 Å². The lowest BCUT2D eigenvalue weighted by atomic mass is 10.2. The Morgan fingerprint density at radius 2 is 1.89 bits per heavy atom. The van der Waals surface area contributed by atoms with Crippen molar-refractivity contribution in [3.05, 3.63) is 34.3 Å². The first-order chi connectivity index (χ1) is 8.58. The average molecular weight is 310 g/mol. The number of nitrogen functional groups attached to an aromatic ring is 1. The highest BCUT2D eigenvalue weighted by molar-refractivity contribution is 9.10. The second-order valence-electron chi connectivity index (χ2n) is 3.64. The van der Waals surface area contributed by atoms with Crippen LogP contribution in [0, 0.1) is 6.92 Å². The van der Waals surface area contributed by atoms with Crippen LogP contribution in [-0.2, 0) is 0 Å². The predicted molar refractivity (Wildman–Crippen MR) is 71.9 cm³/mol. The van der Waals surface area contributed by atoms with Crippen molar-refractivity contribution in [1.82, 2.24) is 9.97 Å². The number of hydrogen-bond donors (Lipinski definition) is 1. The molecule has 2 N–H and O–H groups in total. The van der Waals surface area contributed by atoms with E-state index >= 15 is 0 Å². The third-order valence-corrected chi connectivity index (χ3v) is 2.83. The molecule has 0 spiro atoms. The van der Waals surface area contributed by atoms with Crippen molar-refractivity contribution in [2.45, 2.75) is 6.92 Å². The van der Waals surface area contributed by atoms with E-state index in [2.05, 4.69) is 25.9 Å². The molecule has 0 aliphatic heterocycles. The first kappa shape index (κ1) is 12.6. The minimum atomic E-state index is 0.104. The highest BCUT2D eigenvalue weighted by Crippen LogP contribution is 2.30. The first-order valence-corrected chi connectivity index (χ1v) is 6.00. The van der Waals surface area contributed by atoms with Crippen molar-refractivity contribution in [2.75, 3.05) is 12.8 Å². The fourth-order valence-electron chi connectivity index (χ4n) is 1.38. The average Bonchev–Trinajstić information content (AvgIpc) is 2.32. The van der Waals surface area contributed by atoms with E-state index in [1.807, 2.05) is 25.1 Å². The summed E-state index contributed by atoms with van der Waals surface area (Å²) in [5.74, 6) is 1.46. The number of benzene rings is 1. The molecule has 0 fully saturated rings. The number of nitrogens with zero attached hydrogens (tertiary/aromatic N) is 2. The number of anilines is 1. The summed E-state index contributed by atoms with van der Waals surface area (Å²) in [5.41, 5.74) is 6.69. The maximum Gasteiger partial charge on any atom is 0.227 e. The number of nitrogens with two attached hydrogens (primary N) is 1. The van der Waals surface area contributed by atoms with E-state index < -0.39 is 0 Å². The normalized spacial score (nSPS) is 10.2. The molecule has 0 bridgehead atoms. The first-order valence-electron chi connectivity index (χ1n) is 5.21. The third kappa shape index (κ3) is 2.89. The molecule has 0 atom stereocenters. The van der Waals surface area contributed by atoms with Crippen molar-refractivity contribution in [3.63, 3.8) is 0 Å².